The Bertz CT molecular complexity index is 784. The number of nitrogens with one attached hydrogen (secondary N) is 1. The lowest BCUT2D eigenvalue weighted by Crippen LogP contribution is -2.09. The van der Waals surface area contributed by atoms with Gasteiger partial charge in [0.15, 0.2) is 11.5 Å². The molecule has 0 unspecified atom stereocenters. The quantitative estimate of drug-likeness (QED) is 0.801. The Morgan fingerprint density at radius 3 is 2.81 bits per heavy atom. The van der Waals surface area contributed by atoms with Crippen molar-refractivity contribution in [1.82, 2.24) is 19.8 Å². The van der Waals surface area contributed by atoms with Crippen molar-refractivity contribution >= 4 is 11.5 Å². The van der Waals surface area contributed by atoms with Crippen molar-refractivity contribution in [2.24, 2.45) is 0 Å². The molecule has 0 amide bonds. The van der Waals surface area contributed by atoms with Crippen molar-refractivity contribution in [3.8, 4) is 0 Å². The van der Waals surface area contributed by atoms with E-state index in [0.717, 1.165) is 6.07 Å². The van der Waals surface area contributed by atoms with Crippen LogP contribution in [0.15, 0.2) is 30.3 Å². The van der Waals surface area contributed by atoms with Crippen LogP contribution in [0.4, 0.5) is 14.6 Å². The molecule has 0 fully saturated rings. The zero-order valence-corrected chi connectivity index (χ0v) is 11.3. The topological polar surface area (TPSA) is 55.1 Å². The van der Waals surface area contributed by atoms with Crippen molar-refractivity contribution < 1.29 is 8.78 Å². The van der Waals surface area contributed by atoms with Gasteiger partial charge >= 0.3 is 0 Å². The summed E-state index contributed by atoms with van der Waals surface area (Å²) in [6.45, 7) is 2.30. The molecule has 3 rings (SSSR count). The molecule has 0 saturated carbocycles. The van der Waals surface area contributed by atoms with Crippen LogP contribution in [0.3, 0.4) is 0 Å². The highest BCUT2D eigenvalue weighted by molar-refractivity contribution is 5.43. The van der Waals surface area contributed by atoms with E-state index in [1.54, 1.807) is 16.6 Å². The highest BCUT2D eigenvalue weighted by Gasteiger charge is 2.05. The lowest BCUT2D eigenvalue weighted by atomic mass is 10.1. The molecule has 1 N–H and O–H groups in total. The molecule has 7 heteroatoms. The van der Waals surface area contributed by atoms with E-state index < -0.39 is 11.6 Å². The van der Waals surface area contributed by atoms with Gasteiger partial charge in [0, 0.05) is 12.6 Å². The number of fused-ring (bicyclic) bond motifs is 1. The summed E-state index contributed by atoms with van der Waals surface area (Å²) in [5, 5.41) is 15.3. The Hall–Kier alpha value is -2.57. The van der Waals surface area contributed by atoms with Crippen LogP contribution in [0.25, 0.3) is 5.65 Å². The maximum atomic E-state index is 13.5. The van der Waals surface area contributed by atoms with Gasteiger partial charge in [0.2, 0.25) is 0 Å². The lowest BCUT2D eigenvalue weighted by molar-refractivity contribution is 0.572. The predicted octanol–water partition coefficient (Wildman–Crippen LogP) is 2.37. The Balaban J connectivity index is 1.67. The van der Waals surface area contributed by atoms with Gasteiger partial charge in [-0.3, -0.25) is 0 Å². The van der Waals surface area contributed by atoms with E-state index in [9.17, 15) is 8.78 Å². The molecule has 0 aliphatic carbocycles. The molecular weight excluding hydrogens is 276 g/mol. The maximum absolute atomic E-state index is 13.5. The fraction of sp³-hybridized carbons (Fsp3) is 0.214. The van der Waals surface area contributed by atoms with Crippen LogP contribution in [0.2, 0.25) is 0 Å². The van der Waals surface area contributed by atoms with Gasteiger partial charge in [-0.1, -0.05) is 6.07 Å². The monoisotopic (exact) mass is 289 g/mol. The summed E-state index contributed by atoms with van der Waals surface area (Å²) in [6, 6.07) is 7.18. The molecule has 108 valence electrons. The molecule has 0 aliphatic rings. The Morgan fingerprint density at radius 1 is 1.14 bits per heavy atom. The number of rotatable bonds is 4. The maximum Gasteiger partial charge on any atom is 0.178 e. The molecule has 0 saturated heterocycles. The first-order chi connectivity index (χ1) is 10.1. The van der Waals surface area contributed by atoms with Gasteiger partial charge in [-0.15, -0.1) is 15.3 Å². The molecule has 0 bridgehead atoms. The summed E-state index contributed by atoms with van der Waals surface area (Å²) in [6.07, 6.45) is 0.437. The minimum absolute atomic E-state index is 0.437. The molecule has 2 aromatic heterocycles. The molecule has 2 heterocycles. The van der Waals surface area contributed by atoms with Gasteiger partial charge in [-0.2, -0.15) is 4.52 Å². The molecule has 0 spiro atoms. The van der Waals surface area contributed by atoms with Crippen molar-refractivity contribution in [3.63, 3.8) is 0 Å². The highest BCUT2D eigenvalue weighted by atomic mass is 19.1. The third-order valence-electron chi connectivity index (χ3n) is 3.13. The van der Waals surface area contributed by atoms with Crippen LogP contribution in [0.5, 0.6) is 0 Å². The van der Waals surface area contributed by atoms with E-state index in [1.165, 1.54) is 12.1 Å². The second kappa shape index (κ2) is 5.43. The number of halogens is 2. The Morgan fingerprint density at radius 2 is 2.00 bits per heavy atom. The van der Waals surface area contributed by atoms with Crippen LogP contribution in [-0.2, 0) is 6.42 Å². The average molecular weight is 289 g/mol. The molecule has 5 nitrogen and oxygen atoms in total. The van der Waals surface area contributed by atoms with Crippen LogP contribution in [0.1, 0.15) is 11.4 Å². The van der Waals surface area contributed by atoms with Gasteiger partial charge in [0.1, 0.15) is 17.5 Å². The summed E-state index contributed by atoms with van der Waals surface area (Å²) < 4.78 is 27.9. The number of benzene rings is 1. The fourth-order valence-corrected chi connectivity index (χ4v) is 2.04. The predicted molar refractivity (Wildman–Crippen MR) is 74.1 cm³/mol. The number of anilines is 1. The van der Waals surface area contributed by atoms with Crippen LogP contribution in [0, 0.1) is 18.6 Å². The van der Waals surface area contributed by atoms with E-state index in [2.05, 4.69) is 20.6 Å². The lowest BCUT2D eigenvalue weighted by Gasteiger charge is -2.07. The first-order valence-electron chi connectivity index (χ1n) is 6.50. The number of aryl methyl sites for hydroxylation is 1. The second-order valence-electron chi connectivity index (χ2n) is 4.65. The Kier molecular flexibility index (Phi) is 3.47. The van der Waals surface area contributed by atoms with Crippen molar-refractivity contribution in [2.45, 2.75) is 13.3 Å². The zero-order valence-electron chi connectivity index (χ0n) is 11.3. The highest BCUT2D eigenvalue weighted by Crippen LogP contribution is 2.11. The van der Waals surface area contributed by atoms with Crippen molar-refractivity contribution in [3.05, 3.63) is 53.4 Å². The standard InChI is InChI=1S/C14H13F2N5/c1-9-18-19-14-5-4-13(20-21(9)14)17-7-6-10-2-3-11(15)8-12(10)16/h2-5,8H,6-7H2,1H3,(H,17,20). The normalized spacial score (nSPS) is 11.0. The zero-order chi connectivity index (χ0) is 14.8. The minimum Gasteiger partial charge on any atom is -0.368 e. The first kappa shape index (κ1) is 13.4. The summed E-state index contributed by atoms with van der Waals surface area (Å²) in [4.78, 5) is 0. The van der Waals surface area contributed by atoms with Gasteiger partial charge in [-0.25, -0.2) is 8.78 Å². The first-order valence-corrected chi connectivity index (χ1v) is 6.50. The van der Waals surface area contributed by atoms with Crippen molar-refractivity contribution in [2.75, 3.05) is 11.9 Å². The van der Waals surface area contributed by atoms with Gasteiger partial charge in [-0.05, 0) is 37.1 Å². The summed E-state index contributed by atoms with van der Waals surface area (Å²) in [5.41, 5.74) is 1.13. The average Bonchev–Trinajstić information content (AvgIpc) is 2.83. The summed E-state index contributed by atoms with van der Waals surface area (Å²) in [5.74, 6) is 0.237. The largest absolute Gasteiger partial charge is 0.368 e. The van der Waals surface area contributed by atoms with E-state index in [4.69, 9.17) is 0 Å². The van der Waals surface area contributed by atoms with Gasteiger partial charge in [0.25, 0.3) is 0 Å². The smallest absolute Gasteiger partial charge is 0.178 e. The molecular formula is C14H13F2N5. The Labute approximate surface area is 119 Å². The minimum atomic E-state index is -0.570. The third kappa shape index (κ3) is 2.81. The van der Waals surface area contributed by atoms with E-state index in [1.807, 2.05) is 6.92 Å². The van der Waals surface area contributed by atoms with Crippen LogP contribution in [-0.4, -0.2) is 26.4 Å². The molecule has 21 heavy (non-hydrogen) atoms. The summed E-state index contributed by atoms with van der Waals surface area (Å²) in [7, 11) is 0. The van der Waals surface area contributed by atoms with Gasteiger partial charge < -0.3 is 5.32 Å². The van der Waals surface area contributed by atoms with Crippen LogP contribution >= 0.6 is 0 Å². The molecule has 1 aromatic carbocycles. The second-order valence-corrected chi connectivity index (χ2v) is 4.65. The summed E-state index contributed by atoms with van der Waals surface area (Å²) >= 11 is 0. The van der Waals surface area contributed by atoms with E-state index >= 15 is 0 Å². The fourth-order valence-electron chi connectivity index (χ4n) is 2.04. The molecule has 0 aliphatic heterocycles. The SMILES string of the molecule is Cc1nnc2ccc(NCCc3ccc(F)cc3F)nn12. The van der Waals surface area contributed by atoms with E-state index in [0.29, 0.717) is 35.8 Å². The molecule has 0 atom stereocenters. The number of nitrogens with zero attached hydrogens (tertiary/aromatic N) is 4. The number of aromatic nitrogens is 4. The van der Waals surface area contributed by atoms with Crippen molar-refractivity contribution in [1.29, 1.82) is 0 Å². The number of hydrogen-bond donors (Lipinski definition) is 1. The van der Waals surface area contributed by atoms with E-state index in [-0.39, 0.29) is 0 Å². The van der Waals surface area contributed by atoms with Crippen LogP contribution < -0.4 is 5.32 Å². The van der Waals surface area contributed by atoms with Gasteiger partial charge in [0.05, 0.1) is 0 Å². The third-order valence-corrected chi connectivity index (χ3v) is 3.13. The number of hydrogen-bond acceptors (Lipinski definition) is 4. The molecule has 3 aromatic rings. The molecule has 0 radical (unpaired) electrons.